The number of nitrogens with zero attached hydrogens (tertiary/aromatic N) is 1. The highest BCUT2D eigenvalue weighted by Crippen LogP contribution is 2.56. The second-order valence-electron chi connectivity index (χ2n) is 9.53. The second-order valence-corrected chi connectivity index (χ2v) is 10.3. The first kappa shape index (κ1) is 26.8. The number of halogens is 2. The molecule has 8 nitrogen and oxygen atoms in total. The van der Waals surface area contributed by atoms with Gasteiger partial charge in [-0.3, -0.25) is 14.6 Å². The molecule has 0 saturated heterocycles. The van der Waals surface area contributed by atoms with Crippen LogP contribution < -0.4 is 10.1 Å². The minimum atomic E-state index is -1.21. The van der Waals surface area contributed by atoms with Gasteiger partial charge in [-0.1, -0.05) is 43.1 Å². The van der Waals surface area contributed by atoms with Crippen molar-refractivity contribution in [3.63, 3.8) is 0 Å². The Morgan fingerprint density at radius 2 is 1.80 bits per heavy atom. The van der Waals surface area contributed by atoms with Gasteiger partial charge in [0, 0.05) is 33.6 Å². The number of ether oxygens (including phenoxy) is 1. The van der Waals surface area contributed by atoms with E-state index in [1.807, 2.05) is 0 Å². The largest absolute Gasteiger partial charge is 0.487 e. The number of pyridine rings is 1. The summed E-state index contributed by atoms with van der Waals surface area (Å²) in [6, 6.07) is 7.21. The maximum absolute atomic E-state index is 13.0. The van der Waals surface area contributed by atoms with Crippen LogP contribution in [-0.4, -0.2) is 39.1 Å². The van der Waals surface area contributed by atoms with Gasteiger partial charge in [0.2, 0.25) is 5.91 Å². The summed E-state index contributed by atoms with van der Waals surface area (Å²) < 4.78 is 5.69. The number of rotatable bonds is 9. The number of aliphatic carboxylic acids is 2. The maximum atomic E-state index is 13.0. The molecule has 1 aliphatic rings. The van der Waals surface area contributed by atoms with Gasteiger partial charge in [0.15, 0.2) is 0 Å². The number of benzene rings is 1. The van der Waals surface area contributed by atoms with Crippen LogP contribution in [0.15, 0.2) is 36.5 Å². The summed E-state index contributed by atoms with van der Waals surface area (Å²) in [7, 11) is 0. The molecule has 1 aromatic carbocycles. The molecule has 1 amide bonds. The molecule has 0 radical (unpaired) electrons. The van der Waals surface area contributed by atoms with E-state index >= 15 is 0 Å². The van der Waals surface area contributed by atoms with Crippen LogP contribution in [0, 0.1) is 16.7 Å². The Morgan fingerprint density at radius 1 is 1.14 bits per heavy atom. The second kappa shape index (κ2) is 10.4. The van der Waals surface area contributed by atoms with Crippen LogP contribution >= 0.6 is 23.2 Å². The Balaban J connectivity index is 1.64. The topological polar surface area (TPSA) is 126 Å². The zero-order valence-electron chi connectivity index (χ0n) is 19.7. The minimum Gasteiger partial charge on any atom is -0.487 e. The molecule has 188 valence electrons. The van der Waals surface area contributed by atoms with Crippen LogP contribution in [0.5, 0.6) is 5.75 Å². The van der Waals surface area contributed by atoms with E-state index in [1.165, 1.54) is 6.20 Å². The summed E-state index contributed by atoms with van der Waals surface area (Å²) in [5.74, 6) is -2.81. The summed E-state index contributed by atoms with van der Waals surface area (Å²) in [4.78, 5) is 40.9. The number of carboxylic acids is 2. The summed E-state index contributed by atoms with van der Waals surface area (Å²) >= 11 is 12.3. The van der Waals surface area contributed by atoms with Crippen molar-refractivity contribution in [2.45, 2.75) is 52.7 Å². The first-order chi connectivity index (χ1) is 16.4. The number of carbonyl (C=O) groups is 3. The first-order valence-corrected chi connectivity index (χ1v) is 11.9. The fourth-order valence-electron chi connectivity index (χ4n) is 4.47. The smallest absolute Gasteiger partial charge is 0.326 e. The molecule has 2 aromatic rings. The number of amides is 1. The van der Waals surface area contributed by atoms with Gasteiger partial charge in [-0.2, -0.15) is 0 Å². The van der Waals surface area contributed by atoms with E-state index in [-0.39, 0.29) is 13.0 Å². The average molecular weight is 523 g/mol. The molecule has 3 N–H and O–H groups in total. The molecule has 10 heteroatoms. The zero-order valence-corrected chi connectivity index (χ0v) is 21.2. The number of nitrogens with one attached hydrogen (secondary N) is 1. The van der Waals surface area contributed by atoms with Gasteiger partial charge in [0.25, 0.3) is 0 Å². The van der Waals surface area contributed by atoms with E-state index < -0.39 is 40.6 Å². The van der Waals surface area contributed by atoms with Crippen molar-refractivity contribution >= 4 is 41.0 Å². The lowest BCUT2D eigenvalue weighted by Crippen LogP contribution is -2.49. The van der Waals surface area contributed by atoms with E-state index in [4.69, 9.17) is 27.9 Å². The molecule has 3 atom stereocenters. The monoisotopic (exact) mass is 522 g/mol. The van der Waals surface area contributed by atoms with Gasteiger partial charge < -0.3 is 20.3 Å². The fourth-order valence-corrected chi connectivity index (χ4v) is 4.97. The first-order valence-electron chi connectivity index (χ1n) is 11.1. The van der Waals surface area contributed by atoms with Crippen molar-refractivity contribution < 1.29 is 29.3 Å². The molecule has 1 aromatic heterocycles. The summed E-state index contributed by atoms with van der Waals surface area (Å²) in [5, 5.41) is 22.9. The van der Waals surface area contributed by atoms with E-state index in [0.717, 1.165) is 0 Å². The molecule has 0 aliphatic heterocycles. The van der Waals surface area contributed by atoms with Gasteiger partial charge in [-0.25, -0.2) is 4.79 Å². The van der Waals surface area contributed by atoms with Crippen molar-refractivity contribution in [3.05, 3.63) is 57.8 Å². The number of hydrogen-bond acceptors (Lipinski definition) is 5. The summed E-state index contributed by atoms with van der Waals surface area (Å²) in [6.07, 6.45) is 2.13. The fraction of sp³-hybridized carbons (Fsp3) is 0.440. The van der Waals surface area contributed by atoms with Gasteiger partial charge in [0.05, 0.1) is 11.6 Å². The third-order valence-electron chi connectivity index (χ3n) is 7.29. The van der Waals surface area contributed by atoms with Crippen molar-refractivity contribution in [1.29, 1.82) is 0 Å². The maximum Gasteiger partial charge on any atom is 0.326 e. The lowest BCUT2D eigenvalue weighted by molar-refractivity contribution is -0.155. The van der Waals surface area contributed by atoms with E-state index in [1.54, 1.807) is 51.1 Å². The third-order valence-corrected chi connectivity index (χ3v) is 7.99. The lowest BCUT2D eigenvalue weighted by atomic mass is 9.65. The normalized spacial score (nSPS) is 21.8. The predicted molar refractivity (Wildman–Crippen MR) is 131 cm³/mol. The predicted octanol–water partition coefficient (Wildman–Crippen LogP) is 4.61. The molecule has 35 heavy (non-hydrogen) atoms. The molecule has 1 aliphatic carbocycles. The average Bonchev–Trinajstić information content (AvgIpc) is 3.03. The van der Waals surface area contributed by atoms with E-state index in [0.29, 0.717) is 39.9 Å². The molecule has 1 fully saturated rings. The van der Waals surface area contributed by atoms with Gasteiger partial charge >= 0.3 is 11.9 Å². The Labute approximate surface area is 213 Å². The van der Waals surface area contributed by atoms with Crippen molar-refractivity contribution in [3.8, 4) is 5.75 Å². The number of carboxylic acid groups (broad SMARTS) is 2. The van der Waals surface area contributed by atoms with Gasteiger partial charge in [-0.15, -0.1) is 0 Å². The highest BCUT2D eigenvalue weighted by Gasteiger charge is 2.58. The van der Waals surface area contributed by atoms with Crippen molar-refractivity contribution in [1.82, 2.24) is 10.3 Å². The zero-order chi connectivity index (χ0) is 26.0. The molecule has 0 bridgehead atoms. The molecular weight excluding hydrogens is 495 g/mol. The number of hydrogen-bond donors (Lipinski definition) is 3. The number of aromatic nitrogens is 1. The quantitative estimate of drug-likeness (QED) is 0.438. The van der Waals surface area contributed by atoms with Gasteiger partial charge in [0.1, 0.15) is 18.4 Å². The van der Waals surface area contributed by atoms with Crippen LogP contribution in [0.2, 0.25) is 10.0 Å². The molecule has 1 saturated carbocycles. The van der Waals surface area contributed by atoms with Gasteiger partial charge in [-0.05, 0) is 49.4 Å². The minimum absolute atomic E-state index is 0.0406. The molecule has 1 heterocycles. The molecule has 0 unspecified atom stereocenters. The highest BCUT2D eigenvalue weighted by atomic mass is 35.5. The van der Waals surface area contributed by atoms with Crippen LogP contribution in [0.4, 0.5) is 0 Å². The Kier molecular flexibility index (Phi) is 7.97. The van der Waals surface area contributed by atoms with E-state index in [9.17, 15) is 24.6 Å². The molecular formula is C25H28Cl2N2O6. The highest BCUT2D eigenvalue weighted by molar-refractivity contribution is 6.35. The van der Waals surface area contributed by atoms with E-state index in [2.05, 4.69) is 10.3 Å². The standard InChI is InChI=1S/C25H28Cl2N2O6/c1-24(2)17(9-10-25(24,3)23(33)34)21(30)29-20(22(31)32)11-14-7-8-15(12-28-14)35-13-16-18(26)5-4-6-19(16)27/h4-8,12,17,20H,9-11,13H2,1-3H3,(H,29,30)(H,31,32)(H,33,34)/t17-,20+,25-/m1/s1. The Bertz CT molecular complexity index is 1100. The van der Waals surface area contributed by atoms with Crippen molar-refractivity contribution in [2.24, 2.45) is 16.7 Å². The number of carbonyl (C=O) groups excluding carboxylic acids is 1. The molecule has 0 spiro atoms. The SMILES string of the molecule is CC1(C)[C@@H](C(=O)N[C@@H](Cc2ccc(OCc3c(Cl)cccc3Cl)cn2)C(=O)O)CC[C@]1(C)C(=O)O. The Hall–Kier alpha value is -2.84. The van der Waals surface area contributed by atoms with Crippen LogP contribution in [0.25, 0.3) is 0 Å². The summed E-state index contributed by atoms with van der Waals surface area (Å²) in [5.41, 5.74) is -0.822. The lowest BCUT2D eigenvalue weighted by Gasteiger charge is -2.38. The summed E-state index contributed by atoms with van der Waals surface area (Å²) in [6.45, 7) is 5.25. The van der Waals surface area contributed by atoms with Crippen LogP contribution in [0.1, 0.15) is 44.9 Å². The van der Waals surface area contributed by atoms with Crippen LogP contribution in [-0.2, 0) is 27.4 Å². The Morgan fingerprint density at radius 3 is 2.31 bits per heavy atom. The molecule has 3 rings (SSSR count). The van der Waals surface area contributed by atoms with Crippen molar-refractivity contribution in [2.75, 3.05) is 0 Å². The van der Waals surface area contributed by atoms with Crippen LogP contribution in [0.3, 0.4) is 0 Å². The third kappa shape index (κ3) is 5.54.